The second-order valence-corrected chi connectivity index (χ2v) is 4.88. The van der Waals surface area contributed by atoms with Crippen LogP contribution in [0.1, 0.15) is 25.0 Å². The maximum absolute atomic E-state index is 11.6. The van der Waals surface area contributed by atoms with Crippen LogP contribution >= 0.6 is 11.8 Å². The quantitative estimate of drug-likeness (QED) is 0.595. The van der Waals surface area contributed by atoms with Gasteiger partial charge in [0.05, 0.1) is 12.5 Å². The van der Waals surface area contributed by atoms with Crippen molar-refractivity contribution < 1.29 is 9.53 Å². The van der Waals surface area contributed by atoms with E-state index in [0.717, 1.165) is 10.5 Å². The highest BCUT2D eigenvalue weighted by molar-refractivity contribution is 7.98. The van der Waals surface area contributed by atoms with Gasteiger partial charge in [0.1, 0.15) is 0 Å². The van der Waals surface area contributed by atoms with Gasteiger partial charge >= 0.3 is 5.97 Å². The first kappa shape index (κ1) is 13.1. The maximum atomic E-state index is 11.6. The van der Waals surface area contributed by atoms with Crippen molar-refractivity contribution in [2.75, 3.05) is 6.26 Å². The molecule has 0 amide bonds. The molecule has 2 nitrogen and oxygen atoms in total. The molecule has 0 aromatic heterocycles. The summed E-state index contributed by atoms with van der Waals surface area (Å²) in [5.41, 5.74) is 2.23. The van der Waals surface area contributed by atoms with Crippen LogP contribution in [0.4, 0.5) is 0 Å². The van der Waals surface area contributed by atoms with E-state index >= 15 is 0 Å². The third-order valence-electron chi connectivity index (χ3n) is 2.14. The summed E-state index contributed by atoms with van der Waals surface area (Å²) in [6.45, 7) is 5.76. The molecule has 0 aliphatic carbocycles. The molecule has 0 saturated heterocycles. The van der Waals surface area contributed by atoms with E-state index in [9.17, 15) is 4.79 Å². The number of esters is 1. The fourth-order valence-corrected chi connectivity index (χ4v) is 2.10. The van der Waals surface area contributed by atoms with Crippen LogP contribution < -0.4 is 0 Å². The van der Waals surface area contributed by atoms with Gasteiger partial charge in [0.25, 0.3) is 0 Å². The van der Waals surface area contributed by atoms with Gasteiger partial charge in [0.2, 0.25) is 0 Å². The van der Waals surface area contributed by atoms with E-state index in [2.05, 4.69) is 12.1 Å². The summed E-state index contributed by atoms with van der Waals surface area (Å²) in [7, 11) is 0. The Labute approximate surface area is 101 Å². The molecule has 1 rings (SSSR count). The summed E-state index contributed by atoms with van der Waals surface area (Å²) in [4.78, 5) is 12.7. The van der Waals surface area contributed by atoms with E-state index in [1.54, 1.807) is 11.8 Å². The minimum atomic E-state index is -0.157. The summed E-state index contributed by atoms with van der Waals surface area (Å²) < 4.78 is 5.15. The van der Waals surface area contributed by atoms with Crippen molar-refractivity contribution >= 4 is 17.7 Å². The molecular formula is C13H18O2S. The molecule has 0 aliphatic rings. The minimum absolute atomic E-state index is 0.0463. The second kappa shape index (κ2) is 5.94. The summed E-state index contributed by atoms with van der Waals surface area (Å²) >= 11 is 1.66. The van der Waals surface area contributed by atoms with Crippen LogP contribution in [0.5, 0.6) is 0 Å². The lowest BCUT2D eigenvalue weighted by Gasteiger charge is -2.10. The third kappa shape index (κ3) is 3.89. The van der Waals surface area contributed by atoms with Gasteiger partial charge in [-0.15, -0.1) is 11.8 Å². The van der Waals surface area contributed by atoms with Crippen molar-refractivity contribution in [1.29, 1.82) is 0 Å². The SMILES string of the molecule is CSc1ccc(C)cc1CC(=O)OC(C)C. The van der Waals surface area contributed by atoms with Gasteiger partial charge < -0.3 is 4.74 Å². The van der Waals surface area contributed by atoms with Gasteiger partial charge in [-0.2, -0.15) is 0 Å². The molecule has 1 aromatic carbocycles. The number of benzene rings is 1. The number of rotatable bonds is 4. The molecule has 0 spiro atoms. The lowest BCUT2D eigenvalue weighted by molar-refractivity contribution is -0.146. The number of aryl methyl sites for hydroxylation is 1. The molecule has 0 radical (unpaired) electrons. The van der Waals surface area contributed by atoms with Crippen molar-refractivity contribution in [3.8, 4) is 0 Å². The molecule has 0 unspecified atom stereocenters. The van der Waals surface area contributed by atoms with Crippen molar-refractivity contribution in [3.05, 3.63) is 29.3 Å². The van der Waals surface area contributed by atoms with Crippen LogP contribution in [0.25, 0.3) is 0 Å². The topological polar surface area (TPSA) is 26.3 Å². The van der Waals surface area contributed by atoms with E-state index < -0.39 is 0 Å². The number of hydrogen-bond donors (Lipinski definition) is 0. The first-order chi connectivity index (χ1) is 7.52. The van der Waals surface area contributed by atoms with Crippen LogP contribution in [-0.4, -0.2) is 18.3 Å². The molecule has 0 saturated carbocycles. The van der Waals surface area contributed by atoms with E-state index in [0.29, 0.717) is 6.42 Å². The predicted molar refractivity (Wildman–Crippen MR) is 67.9 cm³/mol. The number of carbonyl (C=O) groups excluding carboxylic acids is 1. The Morgan fingerprint density at radius 2 is 2.12 bits per heavy atom. The zero-order valence-corrected chi connectivity index (χ0v) is 11.1. The molecule has 0 aliphatic heterocycles. The van der Waals surface area contributed by atoms with Gasteiger partial charge in [0, 0.05) is 4.90 Å². The van der Waals surface area contributed by atoms with Crippen LogP contribution in [0.15, 0.2) is 23.1 Å². The Balaban J connectivity index is 2.79. The molecule has 16 heavy (non-hydrogen) atoms. The second-order valence-electron chi connectivity index (χ2n) is 4.03. The zero-order valence-electron chi connectivity index (χ0n) is 10.2. The van der Waals surface area contributed by atoms with Gasteiger partial charge in [-0.3, -0.25) is 4.79 Å². The van der Waals surface area contributed by atoms with Gasteiger partial charge in [-0.1, -0.05) is 17.7 Å². The van der Waals surface area contributed by atoms with Crippen LogP contribution in [0.2, 0.25) is 0 Å². The average Bonchev–Trinajstić information content (AvgIpc) is 2.16. The van der Waals surface area contributed by atoms with E-state index in [-0.39, 0.29) is 12.1 Å². The Kier molecular flexibility index (Phi) is 4.87. The first-order valence-electron chi connectivity index (χ1n) is 5.36. The van der Waals surface area contributed by atoms with E-state index in [1.165, 1.54) is 5.56 Å². The number of carbonyl (C=O) groups is 1. The number of hydrogen-bond acceptors (Lipinski definition) is 3. The Morgan fingerprint density at radius 3 is 2.69 bits per heavy atom. The molecule has 0 atom stereocenters. The summed E-state index contributed by atoms with van der Waals surface area (Å²) in [6.07, 6.45) is 2.33. The largest absolute Gasteiger partial charge is 0.463 e. The smallest absolute Gasteiger partial charge is 0.310 e. The fraction of sp³-hybridized carbons (Fsp3) is 0.462. The van der Waals surface area contributed by atoms with Crippen LogP contribution in [0.3, 0.4) is 0 Å². The van der Waals surface area contributed by atoms with Gasteiger partial charge in [-0.05, 0) is 38.7 Å². The summed E-state index contributed by atoms with van der Waals surface area (Å²) in [5.74, 6) is -0.157. The van der Waals surface area contributed by atoms with Crippen molar-refractivity contribution in [3.63, 3.8) is 0 Å². The van der Waals surface area contributed by atoms with Gasteiger partial charge in [-0.25, -0.2) is 0 Å². The normalized spacial score (nSPS) is 10.6. The molecular weight excluding hydrogens is 220 g/mol. The Bertz CT molecular complexity index is 372. The highest BCUT2D eigenvalue weighted by atomic mass is 32.2. The molecule has 0 fully saturated rings. The minimum Gasteiger partial charge on any atom is -0.463 e. The van der Waals surface area contributed by atoms with Crippen LogP contribution in [-0.2, 0) is 16.0 Å². The standard InChI is InChI=1S/C13H18O2S/c1-9(2)15-13(14)8-11-7-10(3)5-6-12(11)16-4/h5-7,9H,8H2,1-4H3. The molecule has 88 valence electrons. The number of ether oxygens (including phenoxy) is 1. The molecule has 1 aromatic rings. The highest BCUT2D eigenvalue weighted by Gasteiger charge is 2.10. The monoisotopic (exact) mass is 238 g/mol. The Morgan fingerprint density at radius 1 is 1.44 bits per heavy atom. The number of thioether (sulfide) groups is 1. The average molecular weight is 238 g/mol. The lowest BCUT2D eigenvalue weighted by atomic mass is 10.1. The maximum Gasteiger partial charge on any atom is 0.310 e. The van der Waals surface area contributed by atoms with Crippen molar-refractivity contribution in [1.82, 2.24) is 0 Å². The van der Waals surface area contributed by atoms with E-state index in [1.807, 2.05) is 33.1 Å². The predicted octanol–water partition coefficient (Wildman–Crippen LogP) is 3.21. The highest BCUT2D eigenvalue weighted by Crippen LogP contribution is 2.22. The molecule has 3 heteroatoms. The summed E-state index contributed by atoms with van der Waals surface area (Å²) in [6, 6.07) is 6.16. The third-order valence-corrected chi connectivity index (χ3v) is 2.98. The summed E-state index contributed by atoms with van der Waals surface area (Å²) in [5, 5.41) is 0. The Hall–Kier alpha value is -0.960. The van der Waals surface area contributed by atoms with Crippen molar-refractivity contribution in [2.24, 2.45) is 0 Å². The lowest BCUT2D eigenvalue weighted by Crippen LogP contribution is -2.14. The van der Waals surface area contributed by atoms with Crippen molar-refractivity contribution in [2.45, 2.75) is 38.2 Å². The molecule has 0 N–H and O–H groups in total. The molecule has 0 heterocycles. The van der Waals surface area contributed by atoms with Crippen LogP contribution in [0, 0.1) is 6.92 Å². The fourth-order valence-electron chi connectivity index (χ4n) is 1.51. The molecule has 0 bridgehead atoms. The first-order valence-corrected chi connectivity index (χ1v) is 6.58. The zero-order chi connectivity index (χ0) is 12.1. The van der Waals surface area contributed by atoms with E-state index in [4.69, 9.17) is 4.74 Å². The van der Waals surface area contributed by atoms with Gasteiger partial charge in [0.15, 0.2) is 0 Å².